The van der Waals surface area contributed by atoms with Crippen molar-refractivity contribution in [3.63, 3.8) is 0 Å². The molecule has 4 nitrogen and oxygen atoms in total. The van der Waals surface area contributed by atoms with Crippen LogP contribution >= 0.6 is 0 Å². The van der Waals surface area contributed by atoms with Gasteiger partial charge in [0, 0.05) is 13.0 Å². The molecule has 0 saturated heterocycles. The highest BCUT2D eigenvalue weighted by Gasteiger charge is 2.24. The minimum absolute atomic E-state index is 0.0497. The molecule has 2 unspecified atom stereocenters. The van der Waals surface area contributed by atoms with Crippen LogP contribution in [0.4, 0.5) is 5.69 Å². The second-order valence-electron chi connectivity index (χ2n) is 4.78. The number of ether oxygens (including phenoxy) is 1. The van der Waals surface area contributed by atoms with Gasteiger partial charge in [-0.05, 0) is 31.4 Å². The molecule has 1 aliphatic rings. The van der Waals surface area contributed by atoms with E-state index in [-0.39, 0.29) is 18.1 Å². The van der Waals surface area contributed by atoms with Crippen molar-refractivity contribution in [3.8, 4) is 5.75 Å². The van der Waals surface area contributed by atoms with Crippen molar-refractivity contribution in [3.05, 3.63) is 24.3 Å². The molecule has 2 rings (SSSR count). The number of hydrogen-bond acceptors (Lipinski definition) is 3. The zero-order chi connectivity index (χ0) is 13.0. The zero-order valence-corrected chi connectivity index (χ0v) is 10.7. The fourth-order valence-corrected chi connectivity index (χ4v) is 2.30. The summed E-state index contributed by atoms with van der Waals surface area (Å²) in [5.74, 6) is 0.606. The normalized spacial score (nSPS) is 23.4. The van der Waals surface area contributed by atoms with Crippen molar-refractivity contribution < 1.29 is 9.53 Å². The minimum atomic E-state index is -0.0982. The van der Waals surface area contributed by atoms with E-state index in [4.69, 9.17) is 10.5 Å². The Morgan fingerprint density at radius 2 is 2.06 bits per heavy atom. The Morgan fingerprint density at radius 3 is 2.78 bits per heavy atom. The maximum Gasteiger partial charge on any atom is 0.221 e. The molecule has 0 radical (unpaired) electrons. The monoisotopic (exact) mass is 248 g/mol. The number of para-hydroxylation sites is 2. The van der Waals surface area contributed by atoms with Gasteiger partial charge < -0.3 is 15.8 Å². The topological polar surface area (TPSA) is 64.3 Å². The van der Waals surface area contributed by atoms with Crippen LogP contribution in [0.1, 0.15) is 32.6 Å². The van der Waals surface area contributed by atoms with Gasteiger partial charge in [-0.1, -0.05) is 18.6 Å². The van der Waals surface area contributed by atoms with Gasteiger partial charge in [0.15, 0.2) is 0 Å². The fourth-order valence-electron chi connectivity index (χ4n) is 2.30. The number of amides is 1. The lowest BCUT2D eigenvalue weighted by Crippen LogP contribution is -2.41. The second-order valence-corrected chi connectivity index (χ2v) is 4.78. The van der Waals surface area contributed by atoms with Crippen LogP contribution in [0, 0.1) is 0 Å². The maximum atomic E-state index is 11.1. The van der Waals surface area contributed by atoms with Crippen molar-refractivity contribution in [2.24, 2.45) is 5.73 Å². The largest absolute Gasteiger partial charge is 0.487 e. The molecule has 1 fully saturated rings. The van der Waals surface area contributed by atoms with Crippen LogP contribution in [0.15, 0.2) is 24.3 Å². The van der Waals surface area contributed by atoms with Crippen LogP contribution in [-0.2, 0) is 4.79 Å². The zero-order valence-electron chi connectivity index (χ0n) is 10.7. The third kappa shape index (κ3) is 3.23. The molecule has 1 saturated carbocycles. The Morgan fingerprint density at radius 1 is 1.33 bits per heavy atom. The third-order valence-corrected chi connectivity index (χ3v) is 3.23. The highest BCUT2D eigenvalue weighted by molar-refractivity contribution is 5.90. The molecule has 4 heteroatoms. The molecular formula is C14H20N2O2. The fraction of sp³-hybridized carbons (Fsp3) is 0.500. The van der Waals surface area contributed by atoms with Gasteiger partial charge in [-0.25, -0.2) is 0 Å². The van der Waals surface area contributed by atoms with Crippen LogP contribution in [0.3, 0.4) is 0 Å². The first-order valence-electron chi connectivity index (χ1n) is 6.45. The van der Waals surface area contributed by atoms with E-state index < -0.39 is 0 Å². The van der Waals surface area contributed by atoms with Gasteiger partial charge in [0.05, 0.1) is 5.69 Å². The standard InChI is InChI=1S/C14H20N2O2/c1-10(17)16-12-7-3-5-9-14(12)18-13-8-4-2-6-11(13)15/h3,5,7,9,11,13H,2,4,6,8,15H2,1H3,(H,16,17). The van der Waals surface area contributed by atoms with Crippen molar-refractivity contribution in [1.29, 1.82) is 0 Å². The molecule has 1 aromatic carbocycles. The smallest absolute Gasteiger partial charge is 0.221 e. The first kappa shape index (κ1) is 12.9. The SMILES string of the molecule is CC(=O)Nc1ccccc1OC1CCCCC1N. The average Bonchev–Trinajstić information content (AvgIpc) is 2.34. The molecule has 0 bridgehead atoms. The molecule has 0 aliphatic heterocycles. The summed E-state index contributed by atoms with van der Waals surface area (Å²) in [5.41, 5.74) is 6.78. The van der Waals surface area contributed by atoms with Crippen LogP contribution in [0.25, 0.3) is 0 Å². The van der Waals surface area contributed by atoms with E-state index in [0.717, 1.165) is 19.3 Å². The Balaban J connectivity index is 2.10. The van der Waals surface area contributed by atoms with E-state index in [1.807, 2.05) is 24.3 Å². The molecule has 0 spiro atoms. The van der Waals surface area contributed by atoms with E-state index in [1.54, 1.807) is 0 Å². The van der Waals surface area contributed by atoms with E-state index in [1.165, 1.54) is 13.3 Å². The Bertz CT molecular complexity index is 420. The minimum Gasteiger partial charge on any atom is -0.487 e. The molecule has 1 aromatic rings. The van der Waals surface area contributed by atoms with Crippen LogP contribution in [0.2, 0.25) is 0 Å². The number of benzene rings is 1. The number of carbonyl (C=O) groups excluding carboxylic acids is 1. The lowest BCUT2D eigenvalue weighted by Gasteiger charge is -2.29. The van der Waals surface area contributed by atoms with E-state index in [9.17, 15) is 4.79 Å². The van der Waals surface area contributed by atoms with Gasteiger partial charge in [-0.15, -0.1) is 0 Å². The average molecular weight is 248 g/mol. The van der Waals surface area contributed by atoms with Crippen molar-refractivity contribution in [1.82, 2.24) is 0 Å². The van der Waals surface area contributed by atoms with Crippen molar-refractivity contribution in [2.45, 2.75) is 44.8 Å². The lowest BCUT2D eigenvalue weighted by molar-refractivity contribution is -0.114. The van der Waals surface area contributed by atoms with Crippen LogP contribution in [-0.4, -0.2) is 18.1 Å². The Hall–Kier alpha value is -1.55. The van der Waals surface area contributed by atoms with Crippen LogP contribution < -0.4 is 15.8 Å². The number of carbonyl (C=O) groups is 1. The molecular weight excluding hydrogens is 228 g/mol. The van der Waals surface area contributed by atoms with Gasteiger partial charge in [-0.2, -0.15) is 0 Å². The highest BCUT2D eigenvalue weighted by Crippen LogP contribution is 2.28. The summed E-state index contributed by atoms with van der Waals surface area (Å²) in [6.07, 6.45) is 4.37. The van der Waals surface area contributed by atoms with Crippen molar-refractivity contribution in [2.75, 3.05) is 5.32 Å². The first-order chi connectivity index (χ1) is 8.66. The summed E-state index contributed by atoms with van der Waals surface area (Å²) >= 11 is 0. The van der Waals surface area contributed by atoms with E-state index >= 15 is 0 Å². The van der Waals surface area contributed by atoms with Gasteiger partial charge in [0.2, 0.25) is 5.91 Å². The summed E-state index contributed by atoms with van der Waals surface area (Å²) in [7, 11) is 0. The lowest BCUT2D eigenvalue weighted by atomic mass is 9.93. The number of nitrogens with two attached hydrogens (primary N) is 1. The Kier molecular flexibility index (Phi) is 4.20. The molecule has 0 heterocycles. The van der Waals surface area contributed by atoms with Gasteiger partial charge in [0.1, 0.15) is 11.9 Å². The van der Waals surface area contributed by atoms with E-state index in [0.29, 0.717) is 11.4 Å². The Labute approximate surface area is 108 Å². The molecule has 0 aromatic heterocycles. The molecule has 1 amide bonds. The second kappa shape index (κ2) is 5.87. The summed E-state index contributed by atoms with van der Waals surface area (Å²) in [5, 5.41) is 2.77. The number of anilines is 1. The summed E-state index contributed by atoms with van der Waals surface area (Å²) < 4.78 is 5.96. The summed E-state index contributed by atoms with van der Waals surface area (Å²) in [6, 6.07) is 7.56. The van der Waals surface area contributed by atoms with Gasteiger partial charge in [0.25, 0.3) is 0 Å². The summed E-state index contributed by atoms with van der Waals surface area (Å²) in [4.78, 5) is 11.1. The molecule has 1 aliphatic carbocycles. The number of nitrogens with one attached hydrogen (secondary N) is 1. The van der Waals surface area contributed by atoms with Gasteiger partial charge in [-0.3, -0.25) is 4.79 Å². The first-order valence-corrected chi connectivity index (χ1v) is 6.45. The predicted molar refractivity (Wildman–Crippen MR) is 71.6 cm³/mol. The third-order valence-electron chi connectivity index (χ3n) is 3.23. The molecule has 2 atom stereocenters. The molecule has 98 valence electrons. The molecule has 18 heavy (non-hydrogen) atoms. The molecule has 3 N–H and O–H groups in total. The maximum absolute atomic E-state index is 11.1. The number of rotatable bonds is 3. The van der Waals surface area contributed by atoms with Gasteiger partial charge >= 0.3 is 0 Å². The predicted octanol–water partition coefficient (Wildman–Crippen LogP) is 2.29. The quantitative estimate of drug-likeness (QED) is 0.862. The summed E-state index contributed by atoms with van der Waals surface area (Å²) in [6.45, 7) is 1.49. The van der Waals surface area contributed by atoms with Crippen molar-refractivity contribution >= 4 is 11.6 Å². The van der Waals surface area contributed by atoms with Crippen LogP contribution in [0.5, 0.6) is 5.75 Å². The van der Waals surface area contributed by atoms with E-state index in [2.05, 4.69) is 5.32 Å². The number of hydrogen-bond donors (Lipinski definition) is 2. The highest BCUT2D eigenvalue weighted by atomic mass is 16.5.